The molecule has 0 atom stereocenters. The van der Waals surface area contributed by atoms with Gasteiger partial charge in [-0.1, -0.05) is 5.10 Å². The van der Waals surface area contributed by atoms with Crippen LogP contribution in [0.2, 0.25) is 0 Å². The van der Waals surface area contributed by atoms with Crippen molar-refractivity contribution in [3.05, 3.63) is 5.89 Å². The van der Waals surface area contributed by atoms with E-state index in [0.717, 1.165) is 0 Å². The fraction of sp³-hybridized carbons (Fsp3) is 0.800. The number of hydrogen-bond donors (Lipinski definition) is 1. The van der Waals surface area contributed by atoms with Gasteiger partial charge in [-0.3, -0.25) is 4.74 Å². The van der Waals surface area contributed by atoms with Gasteiger partial charge in [0, 0.05) is 5.54 Å². The molecule has 1 aromatic rings. The number of amides is 1. The van der Waals surface area contributed by atoms with E-state index >= 15 is 0 Å². The summed E-state index contributed by atoms with van der Waals surface area (Å²) in [6.07, 6.45) is -3.46. The molecule has 0 aromatic carbocycles. The van der Waals surface area contributed by atoms with Crippen molar-refractivity contribution in [1.29, 1.82) is 0 Å². The summed E-state index contributed by atoms with van der Waals surface area (Å²) in [5, 5.41) is 10.4. The SMILES string of the molecule is CC(C)(C)OC(=O)NC12CC(c3nnc(OCCOC(F)(F)F)o3)(C1)C2. The van der Waals surface area contributed by atoms with E-state index in [2.05, 4.69) is 20.3 Å². The second-order valence-corrected chi connectivity index (χ2v) is 7.73. The Morgan fingerprint density at radius 3 is 2.42 bits per heavy atom. The van der Waals surface area contributed by atoms with Gasteiger partial charge in [-0.05, 0) is 40.0 Å². The van der Waals surface area contributed by atoms with Crippen LogP contribution in [0.15, 0.2) is 4.42 Å². The van der Waals surface area contributed by atoms with Gasteiger partial charge < -0.3 is 19.2 Å². The van der Waals surface area contributed by atoms with E-state index in [9.17, 15) is 18.0 Å². The van der Waals surface area contributed by atoms with Gasteiger partial charge in [0.1, 0.15) is 12.2 Å². The largest absolute Gasteiger partial charge is 0.522 e. The monoisotopic (exact) mass is 379 g/mol. The van der Waals surface area contributed by atoms with E-state index in [0.29, 0.717) is 25.2 Å². The van der Waals surface area contributed by atoms with Crippen LogP contribution in [0.1, 0.15) is 45.9 Å². The van der Waals surface area contributed by atoms with Crippen LogP contribution in [0.5, 0.6) is 6.08 Å². The summed E-state index contributed by atoms with van der Waals surface area (Å²) in [5.41, 5.74) is -1.20. The van der Waals surface area contributed by atoms with Gasteiger partial charge in [-0.2, -0.15) is 0 Å². The normalized spacial score (nSPS) is 27.3. The standard InChI is InChI=1S/C15H20F3N3O5/c1-12(2,3)26-10(22)19-14-6-13(7-14,8-14)9-20-21-11(25-9)23-4-5-24-15(16,17)18/h4-8H2,1-3H3,(H,19,22). The summed E-state index contributed by atoms with van der Waals surface area (Å²) in [6, 6.07) is 0. The van der Waals surface area contributed by atoms with Crippen LogP contribution in [0.4, 0.5) is 18.0 Å². The molecule has 0 radical (unpaired) electrons. The molecule has 1 N–H and O–H groups in total. The third kappa shape index (κ3) is 4.02. The first-order valence-corrected chi connectivity index (χ1v) is 8.09. The Labute approximate surface area is 147 Å². The van der Waals surface area contributed by atoms with Crippen LogP contribution in [-0.4, -0.2) is 47.0 Å². The van der Waals surface area contributed by atoms with Crippen LogP contribution < -0.4 is 10.1 Å². The first-order chi connectivity index (χ1) is 11.9. The van der Waals surface area contributed by atoms with E-state index in [1.54, 1.807) is 20.8 Å². The zero-order valence-corrected chi connectivity index (χ0v) is 14.6. The van der Waals surface area contributed by atoms with Gasteiger partial charge in [0.05, 0.1) is 12.0 Å². The van der Waals surface area contributed by atoms with Crippen LogP contribution >= 0.6 is 0 Å². The molecule has 2 bridgehead atoms. The molecule has 1 aromatic heterocycles. The highest BCUT2D eigenvalue weighted by molar-refractivity contribution is 5.70. The maximum Gasteiger partial charge on any atom is 0.522 e. The molecule has 3 aliphatic rings. The molecule has 0 aliphatic heterocycles. The molecule has 3 fully saturated rings. The number of alkyl halides is 3. The zero-order chi connectivity index (χ0) is 19.2. The van der Waals surface area contributed by atoms with Crippen molar-refractivity contribution in [3.8, 4) is 6.08 Å². The quantitative estimate of drug-likeness (QED) is 0.759. The number of aromatic nitrogens is 2. The number of halogens is 3. The zero-order valence-electron chi connectivity index (χ0n) is 14.6. The Balaban J connectivity index is 1.44. The number of nitrogens with zero attached hydrogens (tertiary/aromatic N) is 2. The number of carbonyl (C=O) groups is 1. The Hall–Kier alpha value is -2.04. The number of hydrogen-bond acceptors (Lipinski definition) is 7. The van der Waals surface area contributed by atoms with Crippen molar-refractivity contribution in [2.45, 2.75) is 63.0 Å². The van der Waals surface area contributed by atoms with E-state index < -0.39 is 24.7 Å². The number of rotatable bonds is 6. The predicted molar refractivity (Wildman–Crippen MR) is 79.4 cm³/mol. The minimum absolute atomic E-state index is 0.204. The van der Waals surface area contributed by atoms with Gasteiger partial charge in [-0.25, -0.2) is 4.79 Å². The van der Waals surface area contributed by atoms with Crippen LogP contribution in [0.25, 0.3) is 0 Å². The molecule has 3 saturated carbocycles. The first-order valence-electron chi connectivity index (χ1n) is 8.09. The summed E-state index contributed by atoms with van der Waals surface area (Å²) in [7, 11) is 0. The van der Waals surface area contributed by atoms with Gasteiger partial charge in [0.15, 0.2) is 0 Å². The molecule has 3 aliphatic carbocycles. The predicted octanol–water partition coefficient (Wildman–Crippen LogP) is 2.68. The molecule has 4 rings (SSSR count). The van der Waals surface area contributed by atoms with Crippen LogP contribution in [-0.2, 0) is 14.9 Å². The average Bonchev–Trinajstić information content (AvgIpc) is 2.82. The fourth-order valence-corrected chi connectivity index (χ4v) is 3.44. The summed E-state index contributed by atoms with van der Waals surface area (Å²) in [6.45, 7) is 4.33. The lowest BCUT2D eigenvalue weighted by atomic mass is 9.39. The van der Waals surface area contributed by atoms with Gasteiger partial charge in [0.2, 0.25) is 5.89 Å². The maximum atomic E-state index is 11.9. The summed E-state index contributed by atoms with van der Waals surface area (Å²) in [5.74, 6) is 0.358. The third-order valence-electron chi connectivity index (χ3n) is 4.23. The molecule has 0 spiro atoms. The number of alkyl carbamates (subject to hydrolysis) is 1. The minimum atomic E-state index is -4.70. The lowest BCUT2D eigenvalue weighted by Crippen LogP contribution is -2.77. The highest BCUT2D eigenvalue weighted by Crippen LogP contribution is 2.67. The van der Waals surface area contributed by atoms with Gasteiger partial charge >= 0.3 is 18.5 Å². The second-order valence-electron chi connectivity index (χ2n) is 7.73. The van der Waals surface area contributed by atoms with Crippen molar-refractivity contribution >= 4 is 6.09 Å². The molecule has 0 unspecified atom stereocenters. The van der Waals surface area contributed by atoms with E-state index in [1.807, 2.05) is 0 Å². The Kier molecular flexibility index (Phi) is 4.32. The Bertz CT molecular complexity index is 663. The molecule has 11 heteroatoms. The lowest BCUT2D eigenvalue weighted by molar-refractivity contribution is -0.325. The average molecular weight is 379 g/mol. The number of ether oxygens (including phenoxy) is 3. The van der Waals surface area contributed by atoms with E-state index in [1.165, 1.54) is 0 Å². The molecule has 26 heavy (non-hydrogen) atoms. The maximum absolute atomic E-state index is 11.9. The molecule has 1 heterocycles. The molecule has 8 nitrogen and oxygen atoms in total. The summed E-state index contributed by atoms with van der Waals surface area (Å²) >= 11 is 0. The van der Waals surface area contributed by atoms with Crippen molar-refractivity contribution in [2.75, 3.05) is 13.2 Å². The summed E-state index contributed by atoms with van der Waals surface area (Å²) in [4.78, 5) is 11.9. The van der Waals surface area contributed by atoms with Gasteiger partial charge in [0.25, 0.3) is 0 Å². The lowest BCUT2D eigenvalue weighted by Gasteiger charge is -2.68. The second kappa shape index (κ2) is 6.00. The topological polar surface area (TPSA) is 95.7 Å². The molecular weight excluding hydrogens is 359 g/mol. The van der Waals surface area contributed by atoms with Crippen molar-refractivity contribution in [3.63, 3.8) is 0 Å². The Morgan fingerprint density at radius 1 is 1.19 bits per heavy atom. The highest BCUT2D eigenvalue weighted by atomic mass is 19.4. The van der Waals surface area contributed by atoms with Crippen LogP contribution in [0.3, 0.4) is 0 Å². The van der Waals surface area contributed by atoms with Crippen molar-refractivity contribution < 1.29 is 36.6 Å². The fourth-order valence-electron chi connectivity index (χ4n) is 3.44. The van der Waals surface area contributed by atoms with Crippen LogP contribution in [0, 0.1) is 0 Å². The molecule has 146 valence electrons. The molecular formula is C15H20F3N3O5. The van der Waals surface area contributed by atoms with Gasteiger partial charge in [-0.15, -0.1) is 18.3 Å². The molecule has 1 amide bonds. The highest BCUT2D eigenvalue weighted by Gasteiger charge is 2.72. The molecule has 0 saturated heterocycles. The number of carbonyl (C=O) groups excluding carboxylic acids is 1. The Morgan fingerprint density at radius 2 is 1.85 bits per heavy atom. The number of nitrogens with one attached hydrogen (secondary N) is 1. The summed E-state index contributed by atoms with van der Waals surface area (Å²) < 4.78 is 54.7. The first kappa shape index (κ1) is 18.7. The van der Waals surface area contributed by atoms with Crippen molar-refractivity contribution in [2.24, 2.45) is 0 Å². The van der Waals surface area contributed by atoms with E-state index in [-0.39, 0.29) is 23.6 Å². The van der Waals surface area contributed by atoms with E-state index in [4.69, 9.17) is 13.9 Å². The van der Waals surface area contributed by atoms with Crippen molar-refractivity contribution in [1.82, 2.24) is 15.5 Å². The minimum Gasteiger partial charge on any atom is -0.447 e. The third-order valence-corrected chi connectivity index (χ3v) is 4.23. The smallest absolute Gasteiger partial charge is 0.447 e.